The van der Waals surface area contributed by atoms with Crippen LogP contribution in [-0.2, 0) is 13.2 Å². The lowest BCUT2D eigenvalue weighted by Gasteiger charge is -2.18. The van der Waals surface area contributed by atoms with E-state index in [0.29, 0.717) is 29.2 Å². The molecule has 136 valence electrons. The van der Waals surface area contributed by atoms with E-state index in [2.05, 4.69) is 11.4 Å². The lowest BCUT2D eigenvalue weighted by Crippen LogP contribution is -2.27. The highest BCUT2D eigenvalue weighted by atomic mass is 35.5. The Morgan fingerprint density at radius 3 is 2.68 bits per heavy atom. The average molecular weight is 380 g/mol. The minimum atomic E-state index is 0.507. The third-order valence-electron chi connectivity index (χ3n) is 4.68. The summed E-state index contributed by atoms with van der Waals surface area (Å²) in [6.45, 7) is 1.32. The van der Waals surface area contributed by atoms with Gasteiger partial charge in [-0.15, -0.1) is 11.3 Å². The predicted molar refractivity (Wildman–Crippen MR) is 105 cm³/mol. The number of hydrogen-bond acceptors (Lipinski definition) is 4. The summed E-state index contributed by atoms with van der Waals surface area (Å²) in [4.78, 5) is 1.16. The van der Waals surface area contributed by atoms with Crippen LogP contribution in [0.3, 0.4) is 0 Å². The molecule has 1 saturated carbocycles. The van der Waals surface area contributed by atoms with Crippen molar-refractivity contribution in [1.82, 2.24) is 5.32 Å². The zero-order valence-corrected chi connectivity index (χ0v) is 16.3. The van der Waals surface area contributed by atoms with Gasteiger partial charge in [0.2, 0.25) is 0 Å². The van der Waals surface area contributed by atoms with Crippen molar-refractivity contribution in [3.8, 4) is 11.5 Å². The number of hydrogen-bond donors (Lipinski definition) is 1. The second kappa shape index (κ2) is 9.46. The zero-order valence-electron chi connectivity index (χ0n) is 14.7. The lowest BCUT2D eigenvalue weighted by molar-refractivity contribution is 0.287. The van der Waals surface area contributed by atoms with Crippen LogP contribution < -0.4 is 14.8 Å². The third kappa shape index (κ3) is 5.37. The molecule has 2 aromatic rings. The number of benzene rings is 1. The molecule has 3 nitrogen and oxygen atoms in total. The van der Waals surface area contributed by atoms with E-state index in [1.165, 1.54) is 38.5 Å². The summed E-state index contributed by atoms with van der Waals surface area (Å²) in [5.41, 5.74) is 1.13. The number of nitrogens with one attached hydrogen (secondary N) is 1. The minimum Gasteiger partial charge on any atom is -0.493 e. The molecule has 0 bridgehead atoms. The molecule has 1 aliphatic rings. The maximum Gasteiger partial charge on any atom is 0.180 e. The topological polar surface area (TPSA) is 30.5 Å². The highest BCUT2D eigenvalue weighted by molar-refractivity contribution is 7.09. The van der Waals surface area contributed by atoms with Gasteiger partial charge in [-0.25, -0.2) is 0 Å². The van der Waals surface area contributed by atoms with Crippen LogP contribution in [0.4, 0.5) is 0 Å². The molecule has 1 heterocycles. The largest absolute Gasteiger partial charge is 0.493 e. The zero-order chi connectivity index (χ0) is 17.5. The molecule has 1 aromatic carbocycles. The van der Waals surface area contributed by atoms with Crippen molar-refractivity contribution in [3.05, 3.63) is 45.1 Å². The van der Waals surface area contributed by atoms with Crippen LogP contribution in [-0.4, -0.2) is 13.2 Å². The molecule has 3 rings (SSSR count). The molecule has 0 atom stereocenters. The van der Waals surface area contributed by atoms with Crippen LogP contribution >= 0.6 is 22.9 Å². The van der Waals surface area contributed by atoms with Crippen molar-refractivity contribution in [3.63, 3.8) is 0 Å². The first-order valence-corrected chi connectivity index (χ1v) is 10.3. The Labute approximate surface area is 159 Å². The number of ether oxygens (including phenoxy) is 2. The van der Waals surface area contributed by atoms with Gasteiger partial charge in [-0.1, -0.05) is 43.4 Å². The van der Waals surface area contributed by atoms with E-state index in [-0.39, 0.29) is 0 Å². The minimum absolute atomic E-state index is 0.507. The van der Waals surface area contributed by atoms with Crippen molar-refractivity contribution in [2.75, 3.05) is 7.11 Å². The van der Waals surface area contributed by atoms with Crippen molar-refractivity contribution < 1.29 is 9.47 Å². The maximum atomic E-state index is 6.47. The Morgan fingerprint density at radius 2 is 2.00 bits per heavy atom. The fraction of sp³-hybridized carbons (Fsp3) is 0.500. The van der Waals surface area contributed by atoms with Gasteiger partial charge in [-0.05, 0) is 42.0 Å². The van der Waals surface area contributed by atoms with Gasteiger partial charge in [-0.2, -0.15) is 0 Å². The maximum absolute atomic E-state index is 6.47. The molecule has 1 aliphatic carbocycles. The van der Waals surface area contributed by atoms with Crippen LogP contribution in [0, 0.1) is 0 Å². The monoisotopic (exact) mass is 379 g/mol. The van der Waals surface area contributed by atoms with Crippen LogP contribution in [0.25, 0.3) is 0 Å². The van der Waals surface area contributed by atoms with Crippen LogP contribution in [0.2, 0.25) is 5.02 Å². The number of rotatable bonds is 7. The van der Waals surface area contributed by atoms with E-state index >= 15 is 0 Å². The molecular weight excluding hydrogens is 354 g/mol. The fourth-order valence-corrected chi connectivity index (χ4v) is 4.20. The second-order valence-corrected chi connectivity index (χ2v) is 7.99. The number of methoxy groups -OCH3 is 1. The van der Waals surface area contributed by atoms with Gasteiger partial charge < -0.3 is 14.8 Å². The quantitative estimate of drug-likeness (QED) is 0.616. The van der Waals surface area contributed by atoms with Gasteiger partial charge in [0.05, 0.1) is 12.1 Å². The molecule has 0 spiro atoms. The van der Waals surface area contributed by atoms with Gasteiger partial charge in [0.1, 0.15) is 6.61 Å². The van der Waals surface area contributed by atoms with Crippen molar-refractivity contribution in [2.24, 2.45) is 0 Å². The van der Waals surface area contributed by atoms with Crippen LogP contribution in [0.5, 0.6) is 11.5 Å². The standard InChI is InChI=1S/C20H26ClNO2S/c1-23-19-12-15(13-22-16-7-4-2-3-5-8-16)11-18(21)20(19)24-14-17-9-6-10-25-17/h6,9-12,16,22H,2-5,7-8,13-14H2,1H3. The summed E-state index contributed by atoms with van der Waals surface area (Å²) in [6, 6.07) is 8.69. The molecule has 0 amide bonds. The van der Waals surface area contributed by atoms with Gasteiger partial charge in [0, 0.05) is 17.5 Å². The summed E-state index contributed by atoms with van der Waals surface area (Å²) in [7, 11) is 1.66. The SMILES string of the molecule is COc1cc(CNC2CCCCCC2)cc(Cl)c1OCc1cccs1. The molecule has 5 heteroatoms. The third-order valence-corrected chi connectivity index (χ3v) is 5.81. The number of thiophene rings is 1. The highest BCUT2D eigenvalue weighted by Crippen LogP contribution is 2.37. The Balaban J connectivity index is 1.63. The Bertz CT molecular complexity index is 652. The van der Waals surface area contributed by atoms with Crippen LogP contribution in [0.1, 0.15) is 49.0 Å². The first-order chi connectivity index (χ1) is 12.3. The van der Waals surface area contributed by atoms with Crippen molar-refractivity contribution in [2.45, 2.75) is 57.7 Å². The summed E-state index contributed by atoms with van der Waals surface area (Å²) in [5, 5.41) is 6.32. The Morgan fingerprint density at radius 1 is 1.20 bits per heavy atom. The van der Waals surface area contributed by atoms with E-state index < -0.39 is 0 Å². The van der Waals surface area contributed by atoms with Crippen molar-refractivity contribution in [1.29, 1.82) is 0 Å². The molecule has 1 fully saturated rings. The molecule has 1 N–H and O–H groups in total. The van der Waals surface area contributed by atoms with E-state index in [9.17, 15) is 0 Å². The van der Waals surface area contributed by atoms with Gasteiger partial charge >= 0.3 is 0 Å². The number of halogens is 1. The van der Waals surface area contributed by atoms with Gasteiger partial charge in [0.25, 0.3) is 0 Å². The fourth-order valence-electron chi connectivity index (χ4n) is 3.30. The molecule has 0 saturated heterocycles. The molecular formula is C20H26ClNO2S. The van der Waals surface area contributed by atoms with E-state index in [1.807, 2.05) is 23.6 Å². The second-order valence-electron chi connectivity index (χ2n) is 6.55. The average Bonchev–Trinajstić information content (AvgIpc) is 3.00. The first-order valence-electron chi connectivity index (χ1n) is 9.01. The van der Waals surface area contributed by atoms with Crippen LogP contribution in [0.15, 0.2) is 29.6 Å². The first kappa shape index (κ1) is 18.6. The summed E-state index contributed by atoms with van der Waals surface area (Å²) >= 11 is 8.14. The Kier molecular flexibility index (Phi) is 7.02. The van der Waals surface area contributed by atoms with Gasteiger partial charge in [0.15, 0.2) is 11.5 Å². The van der Waals surface area contributed by atoms with Crippen molar-refractivity contribution >= 4 is 22.9 Å². The van der Waals surface area contributed by atoms with E-state index in [0.717, 1.165) is 17.0 Å². The molecule has 0 aliphatic heterocycles. The molecule has 1 aromatic heterocycles. The summed E-state index contributed by atoms with van der Waals surface area (Å²) < 4.78 is 11.4. The molecule has 25 heavy (non-hydrogen) atoms. The van der Waals surface area contributed by atoms with E-state index in [1.54, 1.807) is 18.4 Å². The van der Waals surface area contributed by atoms with Gasteiger partial charge in [-0.3, -0.25) is 0 Å². The molecule has 0 radical (unpaired) electrons. The summed E-state index contributed by atoms with van der Waals surface area (Å²) in [5.74, 6) is 1.32. The van der Waals surface area contributed by atoms with E-state index in [4.69, 9.17) is 21.1 Å². The summed E-state index contributed by atoms with van der Waals surface area (Å²) in [6.07, 6.45) is 7.94. The normalized spacial score (nSPS) is 15.8. The highest BCUT2D eigenvalue weighted by Gasteiger charge is 2.15. The lowest BCUT2D eigenvalue weighted by atomic mass is 10.1. The predicted octanol–water partition coefficient (Wildman–Crippen LogP) is 5.80. The molecule has 0 unspecified atom stereocenters. The smallest absolute Gasteiger partial charge is 0.180 e. The Hall–Kier alpha value is -1.23.